The third-order valence-corrected chi connectivity index (χ3v) is 3.27. The van der Waals surface area contributed by atoms with Gasteiger partial charge in [0.15, 0.2) is 0 Å². The Morgan fingerprint density at radius 3 is 2.77 bits per heavy atom. The summed E-state index contributed by atoms with van der Waals surface area (Å²) in [7, 11) is 0. The SMILES string of the molecule is O=NN1CCNC(C2CCCC2)C1. The van der Waals surface area contributed by atoms with Crippen LogP contribution < -0.4 is 5.32 Å². The molecule has 0 aromatic carbocycles. The van der Waals surface area contributed by atoms with E-state index >= 15 is 0 Å². The van der Waals surface area contributed by atoms with Gasteiger partial charge in [-0.15, -0.1) is 4.91 Å². The molecule has 13 heavy (non-hydrogen) atoms. The summed E-state index contributed by atoms with van der Waals surface area (Å²) < 4.78 is 0. The van der Waals surface area contributed by atoms with Crippen molar-refractivity contribution in [3.05, 3.63) is 4.91 Å². The summed E-state index contributed by atoms with van der Waals surface area (Å²) in [5.74, 6) is 0.782. The molecule has 0 bridgehead atoms. The molecule has 0 amide bonds. The third-order valence-electron chi connectivity index (χ3n) is 3.27. The standard InChI is InChI=1S/C9H17N3O/c13-11-12-6-5-10-9(7-12)8-3-1-2-4-8/h8-10H,1-7H2. The van der Waals surface area contributed by atoms with E-state index in [0.29, 0.717) is 6.04 Å². The van der Waals surface area contributed by atoms with E-state index in [4.69, 9.17) is 0 Å². The Labute approximate surface area is 78.6 Å². The van der Waals surface area contributed by atoms with E-state index in [-0.39, 0.29) is 0 Å². The topological polar surface area (TPSA) is 44.7 Å². The lowest BCUT2D eigenvalue weighted by atomic mass is 9.97. The summed E-state index contributed by atoms with van der Waals surface area (Å²) >= 11 is 0. The van der Waals surface area contributed by atoms with Gasteiger partial charge in [-0.2, -0.15) is 0 Å². The third kappa shape index (κ3) is 1.99. The zero-order chi connectivity index (χ0) is 9.10. The Bertz CT molecular complexity index is 180. The first kappa shape index (κ1) is 8.94. The van der Waals surface area contributed by atoms with Crippen molar-refractivity contribution in [1.82, 2.24) is 10.3 Å². The summed E-state index contributed by atoms with van der Waals surface area (Å²) in [5.41, 5.74) is 0. The van der Waals surface area contributed by atoms with Crippen molar-refractivity contribution in [2.24, 2.45) is 11.2 Å². The molecule has 1 saturated heterocycles. The van der Waals surface area contributed by atoms with Crippen LogP contribution in [-0.4, -0.2) is 30.7 Å². The maximum Gasteiger partial charge on any atom is 0.0549 e. The molecule has 0 radical (unpaired) electrons. The van der Waals surface area contributed by atoms with E-state index in [9.17, 15) is 4.91 Å². The average molecular weight is 183 g/mol. The molecular formula is C9H17N3O. The fraction of sp³-hybridized carbons (Fsp3) is 1.00. The second-order valence-electron chi connectivity index (χ2n) is 4.10. The zero-order valence-corrected chi connectivity index (χ0v) is 7.91. The van der Waals surface area contributed by atoms with Gasteiger partial charge in [-0.05, 0) is 18.8 Å². The summed E-state index contributed by atoms with van der Waals surface area (Å²) in [4.78, 5) is 10.4. The van der Waals surface area contributed by atoms with Crippen LogP contribution in [0.1, 0.15) is 25.7 Å². The Hall–Kier alpha value is -0.640. The van der Waals surface area contributed by atoms with Crippen LogP contribution in [0.15, 0.2) is 5.29 Å². The van der Waals surface area contributed by atoms with Gasteiger partial charge in [-0.3, -0.25) is 5.01 Å². The molecule has 1 aliphatic heterocycles. The smallest absolute Gasteiger partial charge is 0.0549 e. The number of nitrogens with one attached hydrogen (secondary N) is 1. The average Bonchev–Trinajstić information content (AvgIpc) is 2.71. The van der Waals surface area contributed by atoms with Gasteiger partial charge in [0.05, 0.1) is 18.4 Å². The molecule has 4 nitrogen and oxygen atoms in total. The monoisotopic (exact) mass is 183 g/mol. The van der Waals surface area contributed by atoms with Crippen LogP contribution in [0.25, 0.3) is 0 Å². The van der Waals surface area contributed by atoms with Crippen LogP contribution in [0.2, 0.25) is 0 Å². The lowest BCUT2D eigenvalue weighted by Crippen LogP contribution is -2.51. The maximum absolute atomic E-state index is 10.4. The predicted octanol–water partition coefficient (Wildman–Crippen LogP) is 1.13. The number of hydrogen-bond acceptors (Lipinski definition) is 3. The first-order valence-electron chi connectivity index (χ1n) is 5.22. The fourth-order valence-electron chi connectivity index (χ4n) is 2.51. The molecule has 1 aliphatic carbocycles. The van der Waals surface area contributed by atoms with Crippen molar-refractivity contribution in [3.8, 4) is 0 Å². The van der Waals surface area contributed by atoms with Crippen molar-refractivity contribution in [1.29, 1.82) is 0 Å². The number of nitroso groups, excluding NO2 is 1. The quantitative estimate of drug-likeness (QED) is 0.653. The minimum atomic E-state index is 0.508. The Balaban J connectivity index is 1.87. The van der Waals surface area contributed by atoms with Crippen LogP contribution in [0, 0.1) is 10.8 Å². The van der Waals surface area contributed by atoms with Gasteiger partial charge in [0.25, 0.3) is 0 Å². The highest BCUT2D eigenvalue weighted by atomic mass is 16.3. The summed E-state index contributed by atoms with van der Waals surface area (Å²) in [6.45, 7) is 2.49. The van der Waals surface area contributed by atoms with E-state index in [1.165, 1.54) is 25.7 Å². The molecule has 74 valence electrons. The Morgan fingerprint density at radius 1 is 1.31 bits per heavy atom. The van der Waals surface area contributed by atoms with Gasteiger partial charge in [0, 0.05) is 12.6 Å². The lowest BCUT2D eigenvalue weighted by Gasteiger charge is -2.33. The molecule has 2 rings (SSSR count). The Morgan fingerprint density at radius 2 is 2.08 bits per heavy atom. The van der Waals surface area contributed by atoms with E-state index in [1.807, 2.05) is 0 Å². The first-order chi connectivity index (χ1) is 6.40. The highest BCUT2D eigenvalue weighted by Gasteiger charge is 2.28. The van der Waals surface area contributed by atoms with Crippen molar-refractivity contribution < 1.29 is 0 Å². The second-order valence-corrected chi connectivity index (χ2v) is 4.10. The van der Waals surface area contributed by atoms with Crippen LogP contribution in [0.3, 0.4) is 0 Å². The van der Waals surface area contributed by atoms with E-state index in [0.717, 1.165) is 25.6 Å². The highest BCUT2D eigenvalue weighted by Crippen LogP contribution is 2.28. The molecule has 4 heteroatoms. The molecule has 1 heterocycles. The molecule has 1 N–H and O–H groups in total. The van der Waals surface area contributed by atoms with Gasteiger partial charge in [0.2, 0.25) is 0 Å². The van der Waals surface area contributed by atoms with Crippen molar-refractivity contribution in [2.45, 2.75) is 31.7 Å². The minimum absolute atomic E-state index is 0.508. The molecule has 0 spiro atoms. The van der Waals surface area contributed by atoms with Gasteiger partial charge < -0.3 is 5.32 Å². The van der Waals surface area contributed by atoms with Crippen LogP contribution in [0.5, 0.6) is 0 Å². The fourth-order valence-corrected chi connectivity index (χ4v) is 2.51. The lowest BCUT2D eigenvalue weighted by molar-refractivity contribution is 0.169. The van der Waals surface area contributed by atoms with Crippen LogP contribution >= 0.6 is 0 Å². The van der Waals surface area contributed by atoms with Gasteiger partial charge in [0.1, 0.15) is 0 Å². The normalized spacial score (nSPS) is 30.8. The highest BCUT2D eigenvalue weighted by molar-refractivity contribution is 4.85. The van der Waals surface area contributed by atoms with Gasteiger partial charge in [-0.1, -0.05) is 12.8 Å². The van der Waals surface area contributed by atoms with Crippen molar-refractivity contribution in [2.75, 3.05) is 19.6 Å². The zero-order valence-electron chi connectivity index (χ0n) is 7.91. The summed E-state index contributed by atoms with van der Waals surface area (Å²) in [6, 6.07) is 0.508. The summed E-state index contributed by atoms with van der Waals surface area (Å²) in [6.07, 6.45) is 5.36. The maximum atomic E-state index is 10.4. The van der Waals surface area contributed by atoms with Gasteiger partial charge >= 0.3 is 0 Å². The number of piperazine rings is 1. The van der Waals surface area contributed by atoms with E-state index in [2.05, 4.69) is 10.6 Å². The molecule has 1 saturated carbocycles. The number of hydrogen-bond donors (Lipinski definition) is 1. The molecule has 2 fully saturated rings. The molecular weight excluding hydrogens is 166 g/mol. The number of nitrogens with zero attached hydrogens (tertiary/aromatic N) is 2. The van der Waals surface area contributed by atoms with Crippen molar-refractivity contribution in [3.63, 3.8) is 0 Å². The van der Waals surface area contributed by atoms with E-state index < -0.39 is 0 Å². The molecule has 1 unspecified atom stereocenters. The summed E-state index contributed by atoms with van der Waals surface area (Å²) in [5, 5.41) is 8.15. The van der Waals surface area contributed by atoms with E-state index in [1.54, 1.807) is 5.01 Å². The predicted molar refractivity (Wildman–Crippen MR) is 51.1 cm³/mol. The Kier molecular flexibility index (Phi) is 2.78. The largest absolute Gasteiger partial charge is 0.310 e. The molecule has 2 aliphatic rings. The minimum Gasteiger partial charge on any atom is -0.310 e. The van der Waals surface area contributed by atoms with Crippen LogP contribution in [-0.2, 0) is 0 Å². The molecule has 0 aromatic heterocycles. The second kappa shape index (κ2) is 4.05. The van der Waals surface area contributed by atoms with Crippen molar-refractivity contribution >= 4 is 0 Å². The van der Waals surface area contributed by atoms with Gasteiger partial charge in [-0.25, -0.2) is 0 Å². The molecule has 0 aromatic rings. The first-order valence-corrected chi connectivity index (χ1v) is 5.22. The molecule has 1 atom stereocenters. The number of rotatable bonds is 2. The van der Waals surface area contributed by atoms with Crippen LogP contribution in [0.4, 0.5) is 0 Å².